The maximum absolute atomic E-state index is 12.8. The Morgan fingerprint density at radius 3 is 2.47 bits per heavy atom. The fraction of sp³-hybridized carbons (Fsp3) is 0.348. The average molecular weight is 522 g/mol. The molecule has 0 aliphatic heterocycles. The van der Waals surface area contributed by atoms with Crippen molar-refractivity contribution in [2.24, 2.45) is 0 Å². The second-order valence-electron chi connectivity index (χ2n) is 8.38. The lowest BCUT2D eigenvalue weighted by Crippen LogP contribution is -2.34. The van der Waals surface area contributed by atoms with Crippen LogP contribution in [-0.2, 0) is 17.8 Å². The molecule has 1 heterocycles. The number of ketones is 1. The molecule has 1 amide bonds. The fourth-order valence-electron chi connectivity index (χ4n) is 3.34. The molecule has 1 aromatic heterocycles. The van der Waals surface area contributed by atoms with E-state index in [0.29, 0.717) is 41.1 Å². The van der Waals surface area contributed by atoms with Gasteiger partial charge in [-0.2, -0.15) is 0 Å². The second-order valence-corrected chi connectivity index (χ2v) is 9.70. The zero-order valence-electron chi connectivity index (χ0n) is 18.2. The summed E-state index contributed by atoms with van der Waals surface area (Å²) in [6, 6.07) is 12.6. The van der Waals surface area contributed by atoms with Gasteiger partial charge in [0.1, 0.15) is 5.60 Å². The van der Waals surface area contributed by atoms with Crippen LogP contribution in [0, 0.1) is 5.41 Å². The van der Waals surface area contributed by atoms with Crippen LogP contribution in [0.15, 0.2) is 46.9 Å². The number of aryl methyl sites for hydroxylation is 1. The van der Waals surface area contributed by atoms with E-state index in [1.807, 2.05) is 18.2 Å². The summed E-state index contributed by atoms with van der Waals surface area (Å²) in [5.41, 5.74) is 1.60. The topological polar surface area (TPSA) is 89.1 Å². The van der Waals surface area contributed by atoms with Gasteiger partial charge in [-0.3, -0.25) is 10.2 Å². The zero-order chi connectivity index (χ0) is 23.5. The number of hydrogen-bond donors (Lipinski definition) is 2. The smallest absolute Gasteiger partial charge is 0.407 e. The molecule has 0 aliphatic carbocycles. The lowest BCUT2D eigenvalue weighted by atomic mass is 10.1. The number of halogens is 2. The zero-order valence-corrected chi connectivity index (χ0v) is 20.6. The Kier molecular flexibility index (Phi) is 7.46. The van der Waals surface area contributed by atoms with Gasteiger partial charge in [-0.05, 0) is 51.5 Å². The van der Waals surface area contributed by atoms with E-state index in [-0.39, 0.29) is 17.9 Å². The maximum atomic E-state index is 12.8. The number of imidazole rings is 1. The van der Waals surface area contributed by atoms with Crippen molar-refractivity contribution in [3.63, 3.8) is 0 Å². The summed E-state index contributed by atoms with van der Waals surface area (Å²) in [6.07, 6.45) is 0.0926. The van der Waals surface area contributed by atoms with Crippen LogP contribution in [0.3, 0.4) is 0 Å². The molecule has 3 rings (SSSR count). The molecule has 2 aromatic carbocycles. The molecule has 0 radical (unpaired) electrons. The quantitative estimate of drug-likeness (QED) is 0.333. The van der Waals surface area contributed by atoms with Crippen molar-refractivity contribution < 1.29 is 14.3 Å². The van der Waals surface area contributed by atoms with Crippen molar-refractivity contribution in [1.82, 2.24) is 14.5 Å². The van der Waals surface area contributed by atoms with Crippen LogP contribution >= 0.6 is 27.5 Å². The van der Waals surface area contributed by atoms with Gasteiger partial charge in [-0.15, -0.1) is 0 Å². The molecule has 0 bridgehead atoms. The van der Waals surface area contributed by atoms with Gasteiger partial charge in [0.25, 0.3) is 0 Å². The number of rotatable bonds is 7. The third-order valence-corrected chi connectivity index (χ3v) is 5.57. The lowest BCUT2D eigenvalue weighted by molar-refractivity contribution is 0.0526. The van der Waals surface area contributed by atoms with Crippen LogP contribution in [-0.4, -0.2) is 33.2 Å². The molecule has 9 heteroatoms. The van der Waals surface area contributed by atoms with Gasteiger partial charge in [0.05, 0.1) is 22.6 Å². The minimum absolute atomic E-state index is 0.0282. The van der Waals surface area contributed by atoms with Gasteiger partial charge in [-0.25, -0.2) is 4.79 Å². The predicted octanol–water partition coefficient (Wildman–Crippen LogP) is 5.14. The third kappa shape index (κ3) is 5.81. The molecule has 32 heavy (non-hydrogen) atoms. The van der Waals surface area contributed by atoms with Crippen LogP contribution in [0.25, 0.3) is 11.0 Å². The Morgan fingerprint density at radius 1 is 1.12 bits per heavy atom. The van der Waals surface area contributed by atoms with Crippen LogP contribution < -0.4 is 10.9 Å². The van der Waals surface area contributed by atoms with E-state index < -0.39 is 11.7 Å². The number of aromatic nitrogens is 2. The molecular weight excluding hydrogens is 496 g/mol. The molecular formula is C23H26BrClN4O3. The van der Waals surface area contributed by atoms with Crippen molar-refractivity contribution in [2.75, 3.05) is 6.54 Å². The Balaban J connectivity index is 1.79. The van der Waals surface area contributed by atoms with Crippen LogP contribution in [0.4, 0.5) is 4.79 Å². The number of para-hydroxylation sites is 1. The summed E-state index contributed by atoms with van der Waals surface area (Å²) in [4.78, 5) is 24.7. The molecule has 0 atom stereocenters. The first-order valence-electron chi connectivity index (χ1n) is 10.2. The summed E-state index contributed by atoms with van der Waals surface area (Å²) >= 11 is 9.83. The number of fused-ring (bicyclic) bond motifs is 1. The average Bonchev–Trinajstić information content (AvgIpc) is 2.97. The van der Waals surface area contributed by atoms with E-state index in [0.717, 1.165) is 4.47 Å². The van der Waals surface area contributed by atoms with E-state index in [1.165, 1.54) is 0 Å². The molecule has 0 saturated heterocycles. The molecule has 0 aliphatic rings. The van der Waals surface area contributed by atoms with Gasteiger partial charge in [0.15, 0.2) is 5.78 Å². The van der Waals surface area contributed by atoms with Gasteiger partial charge in [0, 0.05) is 23.1 Å². The molecule has 2 N–H and O–H groups in total. The number of ether oxygens (including phenoxy) is 1. The molecule has 3 aromatic rings. The second kappa shape index (κ2) is 9.92. The van der Waals surface area contributed by atoms with Crippen LogP contribution in [0.1, 0.15) is 37.6 Å². The number of nitrogens with zero attached hydrogens (tertiary/aromatic N) is 2. The highest BCUT2D eigenvalue weighted by molar-refractivity contribution is 9.10. The number of hydrogen-bond acceptors (Lipinski definition) is 4. The Labute approximate surface area is 200 Å². The van der Waals surface area contributed by atoms with Gasteiger partial charge in [0.2, 0.25) is 5.62 Å². The predicted molar refractivity (Wildman–Crippen MR) is 128 cm³/mol. The summed E-state index contributed by atoms with van der Waals surface area (Å²) in [5, 5.41) is 11.9. The van der Waals surface area contributed by atoms with E-state index in [1.54, 1.807) is 54.2 Å². The molecule has 0 fully saturated rings. The number of benzene rings is 2. The Morgan fingerprint density at radius 2 is 1.81 bits per heavy atom. The largest absolute Gasteiger partial charge is 0.444 e. The number of amides is 1. The van der Waals surface area contributed by atoms with Crippen LogP contribution in [0.2, 0.25) is 5.02 Å². The van der Waals surface area contributed by atoms with E-state index in [9.17, 15) is 9.59 Å². The van der Waals surface area contributed by atoms with Crippen LogP contribution in [0.5, 0.6) is 0 Å². The SMILES string of the molecule is CC(C)(C)OC(=O)NCCCn1c(=N)n(CC(=O)c2ccc(Br)cc2)c2cccc(Cl)c21. The van der Waals surface area contributed by atoms with Crippen molar-refractivity contribution in [3.8, 4) is 0 Å². The van der Waals surface area contributed by atoms with E-state index >= 15 is 0 Å². The Hall–Kier alpha value is -2.58. The summed E-state index contributed by atoms with van der Waals surface area (Å²) in [6.45, 7) is 6.29. The highest BCUT2D eigenvalue weighted by Crippen LogP contribution is 2.23. The minimum atomic E-state index is -0.560. The summed E-state index contributed by atoms with van der Waals surface area (Å²) in [5.74, 6) is -0.0957. The van der Waals surface area contributed by atoms with Crippen molar-refractivity contribution in [1.29, 1.82) is 5.41 Å². The number of carbonyl (C=O) groups excluding carboxylic acids is 2. The van der Waals surface area contributed by atoms with Gasteiger partial charge < -0.3 is 19.2 Å². The maximum Gasteiger partial charge on any atom is 0.407 e. The molecule has 7 nitrogen and oxygen atoms in total. The number of Topliss-reactive ketones (excluding diaryl/α,β-unsaturated/α-hetero) is 1. The molecule has 0 saturated carbocycles. The summed E-state index contributed by atoms with van der Waals surface area (Å²) in [7, 11) is 0. The van der Waals surface area contributed by atoms with E-state index in [4.69, 9.17) is 21.7 Å². The lowest BCUT2D eigenvalue weighted by Gasteiger charge is -2.19. The minimum Gasteiger partial charge on any atom is -0.444 e. The van der Waals surface area contributed by atoms with Crippen molar-refractivity contribution in [2.45, 2.75) is 45.9 Å². The standard InChI is InChI=1S/C23H26BrClN4O3/c1-23(2,3)32-22(31)27-12-5-13-28-20-17(25)6-4-7-18(20)29(21(28)26)14-19(30)15-8-10-16(24)11-9-15/h4,6-11,26H,5,12-14H2,1-3H3,(H,27,31). The first kappa shape index (κ1) is 24.1. The van der Waals surface area contributed by atoms with Gasteiger partial charge in [-0.1, -0.05) is 45.7 Å². The number of alkyl carbamates (subject to hydrolysis) is 1. The van der Waals surface area contributed by atoms with Crippen molar-refractivity contribution >= 4 is 50.4 Å². The number of nitrogens with one attached hydrogen (secondary N) is 2. The third-order valence-electron chi connectivity index (χ3n) is 4.73. The molecule has 170 valence electrons. The summed E-state index contributed by atoms with van der Waals surface area (Å²) < 4.78 is 9.56. The monoisotopic (exact) mass is 520 g/mol. The van der Waals surface area contributed by atoms with Crippen molar-refractivity contribution in [3.05, 3.63) is 63.1 Å². The van der Waals surface area contributed by atoms with Gasteiger partial charge >= 0.3 is 6.09 Å². The highest BCUT2D eigenvalue weighted by Gasteiger charge is 2.18. The number of carbonyl (C=O) groups is 2. The molecule has 0 spiro atoms. The first-order valence-corrected chi connectivity index (χ1v) is 11.4. The molecule has 0 unspecified atom stereocenters. The van der Waals surface area contributed by atoms with E-state index in [2.05, 4.69) is 21.2 Å². The fourth-order valence-corrected chi connectivity index (χ4v) is 3.88. The first-order chi connectivity index (χ1) is 15.1. The normalized spacial score (nSPS) is 11.5. The highest BCUT2D eigenvalue weighted by atomic mass is 79.9. The Bertz CT molecular complexity index is 1190.